The van der Waals surface area contributed by atoms with E-state index in [1.807, 2.05) is 0 Å². The molecule has 1 heterocycles. The van der Waals surface area contributed by atoms with Gasteiger partial charge >= 0.3 is 6.18 Å². The molecule has 1 aromatic carbocycles. The summed E-state index contributed by atoms with van der Waals surface area (Å²) in [5.41, 5.74) is -0.676. The molecule has 3 N–H and O–H groups in total. The van der Waals surface area contributed by atoms with Crippen molar-refractivity contribution < 1.29 is 27.9 Å². The highest BCUT2D eigenvalue weighted by molar-refractivity contribution is 7.99. The number of amides is 2. The molecule has 0 atom stereocenters. The summed E-state index contributed by atoms with van der Waals surface area (Å²) < 4.78 is 40.0. The highest BCUT2D eigenvalue weighted by Crippen LogP contribution is 2.34. The summed E-state index contributed by atoms with van der Waals surface area (Å²) >= 11 is 6.87. The lowest BCUT2D eigenvalue weighted by atomic mass is 10.2. The summed E-state index contributed by atoms with van der Waals surface area (Å²) in [7, 11) is 0. The van der Waals surface area contributed by atoms with Crippen LogP contribution in [-0.2, 0) is 28.9 Å². The van der Waals surface area contributed by atoms with Crippen LogP contribution in [0.1, 0.15) is 24.1 Å². The second-order valence-corrected chi connectivity index (χ2v) is 8.00. The lowest BCUT2D eigenvalue weighted by Gasteiger charge is -2.12. The molecule has 1 fully saturated rings. The van der Waals surface area contributed by atoms with Crippen molar-refractivity contribution in [2.24, 2.45) is 0 Å². The van der Waals surface area contributed by atoms with Crippen LogP contribution in [-0.4, -0.2) is 38.3 Å². The summed E-state index contributed by atoms with van der Waals surface area (Å²) in [5, 5.41) is 14.9. The molecule has 2 aromatic rings. The largest absolute Gasteiger partial charge is 0.416 e. The maximum absolute atomic E-state index is 12.8. The number of aliphatic hydroxyl groups excluding tert-OH is 1. The van der Waals surface area contributed by atoms with Crippen molar-refractivity contribution in [1.82, 2.24) is 14.9 Å². The first kappa shape index (κ1) is 22.4. The third-order valence-electron chi connectivity index (χ3n) is 4.21. The molecule has 2 amide bonds. The Kier molecular flexibility index (Phi) is 6.94. The lowest BCUT2D eigenvalue weighted by molar-refractivity contribution is -0.137. The van der Waals surface area contributed by atoms with Gasteiger partial charge in [-0.25, -0.2) is 4.98 Å². The van der Waals surface area contributed by atoms with Crippen LogP contribution in [0.25, 0.3) is 0 Å². The van der Waals surface area contributed by atoms with Gasteiger partial charge < -0.3 is 20.3 Å². The van der Waals surface area contributed by atoms with Crippen LogP contribution in [0.15, 0.2) is 29.6 Å². The van der Waals surface area contributed by atoms with Gasteiger partial charge in [0.05, 0.1) is 40.5 Å². The van der Waals surface area contributed by atoms with E-state index in [0.717, 1.165) is 42.8 Å². The Morgan fingerprint density at radius 3 is 2.67 bits per heavy atom. The number of hydrogen-bond acceptors (Lipinski definition) is 5. The normalized spacial score (nSPS) is 13.9. The number of thioether (sulfide) groups is 1. The summed E-state index contributed by atoms with van der Waals surface area (Å²) in [6.45, 7) is -0.397. The van der Waals surface area contributed by atoms with Gasteiger partial charge in [0.1, 0.15) is 6.54 Å². The first-order valence-corrected chi connectivity index (χ1v) is 10.3. The van der Waals surface area contributed by atoms with Crippen LogP contribution >= 0.6 is 23.4 Å². The van der Waals surface area contributed by atoms with Gasteiger partial charge in [0.2, 0.25) is 11.8 Å². The molecular formula is C18H18ClF3N4O3S. The van der Waals surface area contributed by atoms with Crippen molar-refractivity contribution in [2.75, 3.05) is 11.1 Å². The highest BCUT2D eigenvalue weighted by atomic mass is 35.5. The van der Waals surface area contributed by atoms with Gasteiger partial charge in [0, 0.05) is 6.04 Å². The van der Waals surface area contributed by atoms with Crippen molar-refractivity contribution >= 4 is 40.9 Å². The first-order valence-electron chi connectivity index (χ1n) is 8.91. The van der Waals surface area contributed by atoms with Crippen molar-refractivity contribution in [2.45, 2.75) is 43.4 Å². The van der Waals surface area contributed by atoms with Gasteiger partial charge in [-0.2, -0.15) is 13.2 Å². The van der Waals surface area contributed by atoms with Gasteiger partial charge in [-0.1, -0.05) is 23.4 Å². The van der Waals surface area contributed by atoms with Crippen LogP contribution in [0.5, 0.6) is 0 Å². The minimum atomic E-state index is -4.56. The smallest absolute Gasteiger partial charge is 0.390 e. The van der Waals surface area contributed by atoms with Crippen LogP contribution in [0.4, 0.5) is 18.9 Å². The Bertz CT molecular complexity index is 947. The fourth-order valence-electron chi connectivity index (χ4n) is 2.56. The average Bonchev–Trinajstić information content (AvgIpc) is 3.40. The molecule has 0 spiro atoms. The number of carbonyl (C=O) groups is 2. The number of aromatic nitrogens is 2. The summed E-state index contributed by atoms with van der Waals surface area (Å²) in [6.07, 6.45) is -1.30. The van der Waals surface area contributed by atoms with E-state index in [-0.39, 0.29) is 41.6 Å². The Balaban J connectivity index is 1.63. The van der Waals surface area contributed by atoms with Gasteiger partial charge in [0.15, 0.2) is 5.16 Å². The van der Waals surface area contributed by atoms with E-state index in [4.69, 9.17) is 11.6 Å². The topological polar surface area (TPSA) is 96.2 Å². The van der Waals surface area contributed by atoms with Crippen LogP contribution in [0.3, 0.4) is 0 Å². The molecule has 0 saturated heterocycles. The van der Waals surface area contributed by atoms with Crippen molar-refractivity contribution in [3.63, 3.8) is 0 Å². The fourth-order valence-corrected chi connectivity index (χ4v) is 3.52. The highest BCUT2D eigenvalue weighted by Gasteiger charge is 2.31. The first-order chi connectivity index (χ1) is 14.2. The number of nitrogens with one attached hydrogen (secondary N) is 2. The quantitative estimate of drug-likeness (QED) is 0.524. The van der Waals surface area contributed by atoms with Gasteiger partial charge in [-0.05, 0) is 31.0 Å². The standard InChI is InChI=1S/C18H18ClF3N4O3S/c19-13-4-1-10(18(20,21)22)5-14(13)25-16(29)9-30-17-23-6-12(8-27)26(17)7-15(28)24-11-2-3-11/h1,4-6,11,27H,2-3,7-9H2,(H,24,28)(H,25,29). The van der Waals surface area contributed by atoms with E-state index in [0.29, 0.717) is 10.9 Å². The summed E-state index contributed by atoms with van der Waals surface area (Å²) in [4.78, 5) is 28.4. The van der Waals surface area contributed by atoms with Crippen LogP contribution in [0, 0.1) is 0 Å². The molecule has 0 radical (unpaired) electrons. The van der Waals surface area contributed by atoms with E-state index < -0.39 is 17.6 Å². The van der Waals surface area contributed by atoms with E-state index in [2.05, 4.69) is 15.6 Å². The number of hydrogen-bond donors (Lipinski definition) is 3. The molecule has 7 nitrogen and oxygen atoms in total. The van der Waals surface area contributed by atoms with Gasteiger partial charge in [-0.15, -0.1) is 0 Å². The van der Waals surface area contributed by atoms with Crippen molar-refractivity contribution in [3.8, 4) is 0 Å². The number of rotatable bonds is 8. The molecule has 0 bridgehead atoms. The Morgan fingerprint density at radius 1 is 1.30 bits per heavy atom. The third kappa shape index (κ3) is 5.89. The number of benzene rings is 1. The van der Waals surface area contributed by atoms with E-state index in [1.165, 1.54) is 10.8 Å². The molecule has 162 valence electrons. The molecule has 3 rings (SSSR count). The maximum Gasteiger partial charge on any atom is 0.416 e. The third-order valence-corrected chi connectivity index (χ3v) is 5.53. The molecule has 1 aliphatic rings. The molecule has 1 saturated carbocycles. The number of carbonyl (C=O) groups excluding carboxylic acids is 2. The van der Waals surface area contributed by atoms with Crippen molar-refractivity contribution in [1.29, 1.82) is 0 Å². The van der Waals surface area contributed by atoms with E-state index in [9.17, 15) is 27.9 Å². The number of alkyl halides is 3. The molecule has 0 aliphatic heterocycles. The number of anilines is 1. The van der Waals surface area contributed by atoms with Gasteiger partial charge in [-0.3, -0.25) is 9.59 Å². The molecular weight excluding hydrogens is 445 g/mol. The number of imidazole rings is 1. The van der Waals surface area contributed by atoms with E-state index in [1.54, 1.807) is 0 Å². The van der Waals surface area contributed by atoms with Gasteiger partial charge in [0.25, 0.3) is 0 Å². The molecule has 30 heavy (non-hydrogen) atoms. The Morgan fingerprint density at radius 2 is 2.03 bits per heavy atom. The summed E-state index contributed by atoms with van der Waals surface area (Å²) in [6, 6.07) is 2.83. The molecule has 1 aromatic heterocycles. The Hall–Kier alpha value is -2.24. The summed E-state index contributed by atoms with van der Waals surface area (Å²) in [5.74, 6) is -1.00. The SMILES string of the molecule is O=C(CSc1ncc(CO)n1CC(=O)NC1CC1)Nc1cc(C(F)(F)F)ccc1Cl. The minimum absolute atomic E-state index is 0.0258. The predicted octanol–water partition coefficient (Wildman–Crippen LogP) is 3.06. The number of aliphatic hydroxyl groups is 1. The lowest BCUT2D eigenvalue weighted by Crippen LogP contribution is -2.30. The van der Waals surface area contributed by atoms with Crippen LogP contribution < -0.4 is 10.6 Å². The molecule has 12 heteroatoms. The number of nitrogens with zero attached hydrogens (tertiary/aromatic N) is 2. The Labute approximate surface area is 179 Å². The maximum atomic E-state index is 12.8. The zero-order valence-electron chi connectivity index (χ0n) is 15.5. The van der Waals surface area contributed by atoms with Crippen molar-refractivity contribution in [3.05, 3.63) is 40.7 Å². The van der Waals surface area contributed by atoms with Crippen LogP contribution in [0.2, 0.25) is 5.02 Å². The second-order valence-electron chi connectivity index (χ2n) is 6.65. The predicted molar refractivity (Wildman–Crippen MR) is 105 cm³/mol. The zero-order chi connectivity index (χ0) is 21.9. The average molecular weight is 463 g/mol. The van der Waals surface area contributed by atoms with E-state index >= 15 is 0 Å². The zero-order valence-corrected chi connectivity index (χ0v) is 17.1. The molecule has 0 unspecified atom stereocenters. The fraction of sp³-hybridized carbons (Fsp3) is 0.389. The number of halogens is 4. The second kappa shape index (κ2) is 9.27. The molecule has 1 aliphatic carbocycles. The minimum Gasteiger partial charge on any atom is -0.390 e. The monoisotopic (exact) mass is 462 g/mol.